The number of nitrogens with zero attached hydrogens (tertiary/aromatic N) is 1. The number of thiocyanates is 1. The highest BCUT2D eigenvalue weighted by Crippen LogP contribution is 2.21. The Hall–Kier alpha value is -1.18. The number of carbonyl (C=O) groups is 1. The molecule has 0 saturated carbocycles. The first kappa shape index (κ1) is 9.90. The quantitative estimate of drug-likeness (QED) is 0.464. The molecular formula is C8H5ClN2OS. The molecule has 0 saturated heterocycles. The molecule has 1 N–H and O–H groups in total. The zero-order chi connectivity index (χ0) is 9.68. The fourth-order valence-electron chi connectivity index (χ4n) is 0.843. The molecular weight excluding hydrogens is 208 g/mol. The van der Waals surface area contributed by atoms with Crippen LogP contribution in [0.5, 0.6) is 0 Å². The molecule has 1 aromatic carbocycles. The number of carbonyl (C=O) groups excluding carboxylic acids is 1. The second-order valence-corrected chi connectivity index (χ2v) is 3.13. The SMILES string of the molecule is N#CSc1ccccc1C(=O)NCl. The summed E-state index contributed by atoms with van der Waals surface area (Å²) in [6.45, 7) is 0. The minimum Gasteiger partial charge on any atom is -0.268 e. The lowest BCUT2D eigenvalue weighted by Crippen LogP contribution is -2.13. The van der Waals surface area contributed by atoms with Crippen molar-refractivity contribution in [2.24, 2.45) is 0 Å². The normalized spacial score (nSPS) is 8.92. The first-order valence-corrected chi connectivity index (χ1v) is 4.55. The summed E-state index contributed by atoms with van der Waals surface area (Å²) in [5.41, 5.74) is 0.407. The Balaban J connectivity index is 3.05. The summed E-state index contributed by atoms with van der Waals surface area (Å²) in [4.78, 5) is 13.7. The lowest BCUT2D eigenvalue weighted by molar-refractivity contribution is 0.0979. The van der Waals surface area contributed by atoms with E-state index in [1.807, 2.05) is 10.2 Å². The molecule has 0 aliphatic rings. The van der Waals surface area contributed by atoms with Gasteiger partial charge in [-0.25, -0.2) is 0 Å². The average molecular weight is 213 g/mol. The van der Waals surface area contributed by atoms with Crippen LogP contribution in [0.4, 0.5) is 0 Å². The molecule has 0 atom stereocenters. The number of nitrogens with one attached hydrogen (secondary N) is 1. The van der Waals surface area contributed by atoms with E-state index < -0.39 is 5.91 Å². The van der Waals surface area contributed by atoms with E-state index >= 15 is 0 Å². The van der Waals surface area contributed by atoms with Gasteiger partial charge >= 0.3 is 0 Å². The van der Waals surface area contributed by atoms with Crippen LogP contribution in [-0.2, 0) is 0 Å². The van der Waals surface area contributed by atoms with Gasteiger partial charge in [0.25, 0.3) is 5.91 Å². The first-order valence-electron chi connectivity index (χ1n) is 3.35. The van der Waals surface area contributed by atoms with Crippen molar-refractivity contribution in [3.05, 3.63) is 29.8 Å². The maximum Gasteiger partial charge on any atom is 0.266 e. The van der Waals surface area contributed by atoms with Gasteiger partial charge in [0, 0.05) is 16.7 Å². The maximum absolute atomic E-state index is 11.1. The van der Waals surface area contributed by atoms with Crippen LogP contribution >= 0.6 is 23.5 Å². The van der Waals surface area contributed by atoms with Crippen molar-refractivity contribution in [3.63, 3.8) is 0 Å². The van der Waals surface area contributed by atoms with Crippen LogP contribution in [0.15, 0.2) is 29.2 Å². The third-order valence-corrected chi connectivity index (χ3v) is 2.21. The molecule has 3 nitrogen and oxygen atoms in total. The minimum atomic E-state index is -0.403. The number of halogens is 1. The molecule has 0 bridgehead atoms. The van der Waals surface area contributed by atoms with Gasteiger partial charge < -0.3 is 0 Å². The Morgan fingerprint density at radius 1 is 1.54 bits per heavy atom. The van der Waals surface area contributed by atoms with Crippen molar-refractivity contribution in [2.45, 2.75) is 4.90 Å². The molecule has 1 amide bonds. The molecule has 13 heavy (non-hydrogen) atoms. The summed E-state index contributed by atoms with van der Waals surface area (Å²) in [6.07, 6.45) is 0. The van der Waals surface area contributed by atoms with E-state index in [2.05, 4.69) is 0 Å². The van der Waals surface area contributed by atoms with Gasteiger partial charge in [0.2, 0.25) is 0 Å². The molecule has 0 radical (unpaired) electrons. The van der Waals surface area contributed by atoms with E-state index in [-0.39, 0.29) is 0 Å². The molecule has 0 unspecified atom stereocenters. The molecule has 1 aromatic rings. The summed E-state index contributed by atoms with van der Waals surface area (Å²) in [5, 5.41) is 10.3. The van der Waals surface area contributed by atoms with E-state index in [1.165, 1.54) is 0 Å². The summed E-state index contributed by atoms with van der Waals surface area (Å²) in [5.74, 6) is -0.403. The van der Waals surface area contributed by atoms with Gasteiger partial charge in [-0.2, -0.15) is 5.26 Å². The van der Waals surface area contributed by atoms with Crippen molar-refractivity contribution in [2.75, 3.05) is 0 Å². The van der Waals surface area contributed by atoms with Gasteiger partial charge in [-0.1, -0.05) is 12.1 Å². The highest BCUT2D eigenvalue weighted by molar-refractivity contribution is 8.03. The zero-order valence-electron chi connectivity index (χ0n) is 6.45. The Labute approximate surface area is 84.8 Å². The van der Waals surface area contributed by atoms with Crippen molar-refractivity contribution in [1.82, 2.24) is 4.84 Å². The molecule has 66 valence electrons. The number of hydrogen-bond acceptors (Lipinski definition) is 3. The standard InChI is InChI=1S/C8H5ClN2OS/c9-11-8(12)6-3-1-2-4-7(6)13-5-10/h1-4H,(H,11,12). The number of nitriles is 1. The third-order valence-electron chi connectivity index (χ3n) is 1.37. The van der Waals surface area contributed by atoms with Crippen LogP contribution in [0, 0.1) is 10.7 Å². The van der Waals surface area contributed by atoms with E-state index in [9.17, 15) is 4.79 Å². The van der Waals surface area contributed by atoms with Crippen LogP contribution in [-0.4, -0.2) is 5.91 Å². The third kappa shape index (κ3) is 2.38. The molecule has 0 heterocycles. The lowest BCUT2D eigenvalue weighted by Gasteiger charge is -2.01. The fourth-order valence-corrected chi connectivity index (χ4v) is 1.46. The Bertz CT molecular complexity index is 361. The molecule has 0 fully saturated rings. The van der Waals surface area contributed by atoms with Gasteiger partial charge in [-0.15, -0.1) is 0 Å². The first-order chi connectivity index (χ1) is 6.29. The van der Waals surface area contributed by atoms with Crippen LogP contribution < -0.4 is 4.84 Å². The highest BCUT2D eigenvalue weighted by atomic mass is 35.5. The van der Waals surface area contributed by atoms with Crippen LogP contribution in [0.3, 0.4) is 0 Å². The van der Waals surface area contributed by atoms with E-state index in [0.717, 1.165) is 11.8 Å². The van der Waals surface area contributed by atoms with Crippen molar-refractivity contribution in [3.8, 4) is 5.40 Å². The van der Waals surface area contributed by atoms with Gasteiger partial charge in [0.15, 0.2) is 0 Å². The molecule has 1 rings (SSSR count). The second-order valence-electron chi connectivity index (χ2n) is 2.11. The van der Waals surface area contributed by atoms with Gasteiger partial charge in [-0.05, 0) is 23.9 Å². The highest BCUT2D eigenvalue weighted by Gasteiger charge is 2.09. The number of rotatable bonds is 2. The second kappa shape index (κ2) is 4.75. The topological polar surface area (TPSA) is 52.9 Å². The molecule has 0 aromatic heterocycles. The summed E-state index contributed by atoms with van der Waals surface area (Å²) in [7, 11) is 0. The fraction of sp³-hybridized carbons (Fsp3) is 0. The van der Waals surface area contributed by atoms with Gasteiger partial charge in [0.1, 0.15) is 5.40 Å². The average Bonchev–Trinajstić information content (AvgIpc) is 2.18. The maximum atomic E-state index is 11.1. The molecule has 5 heteroatoms. The van der Waals surface area contributed by atoms with E-state index in [1.54, 1.807) is 24.3 Å². The zero-order valence-corrected chi connectivity index (χ0v) is 8.02. The van der Waals surface area contributed by atoms with Crippen molar-refractivity contribution >= 4 is 29.4 Å². The van der Waals surface area contributed by atoms with Crippen molar-refractivity contribution in [1.29, 1.82) is 5.26 Å². The van der Waals surface area contributed by atoms with Gasteiger partial charge in [0.05, 0.1) is 5.56 Å². The molecule has 0 aliphatic heterocycles. The summed E-state index contributed by atoms with van der Waals surface area (Å²) < 4.78 is 0. The monoisotopic (exact) mass is 212 g/mol. The van der Waals surface area contributed by atoms with Crippen molar-refractivity contribution < 1.29 is 4.79 Å². The number of thioether (sulfide) groups is 1. The summed E-state index contributed by atoms with van der Waals surface area (Å²) in [6, 6.07) is 6.76. The van der Waals surface area contributed by atoms with Gasteiger partial charge in [-0.3, -0.25) is 9.63 Å². The minimum absolute atomic E-state index is 0.403. The molecule has 0 spiro atoms. The van der Waals surface area contributed by atoms with Crippen LogP contribution in [0.2, 0.25) is 0 Å². The smallest absolute Gasteiger partial charge is 0.266 e. The predicted molar refractivity (Wildman–Crippen MR) is 51.2 cm³/mol. The van der Waals surface area contributed by atoms with Crippen LogP contribution in [0.1, 0.15) is 10.4 Å². The number of amides is 1. The van der Waals surface area contributed by atoms with E-state index in [0.29, 0.717) is 10.5 Å². The lowest BCUT2D eigenvalue weighted by atomic mass is 10.2. The Morgan fingerprint density at radius 3 is 2.85 bits per heavy atom. The number of benzene rings is 1. The van der Waals surface area contributed by atoms with Crippen LogP contribution in [0.25, 0.3) is 0 Å². The van der Waals surface area contributed by atoms with E-state index in [4.69, 9.17) is 17.0 Å². The number of hydrogen-bond donors (Lipinski definition) is 1. The predicted octanol–water partition coefficient (Wildman–Crippen LogP) is 2.14. The molecule has 0 aliphatic carbocycles. The Morgan fingerprint density at radius 2 is 2.23 bits per heavy atom. The largest absolute Gasteiger partial charge is 0.268 e. The Kier molecular flexibility index (Phi) is 3.62. The summed E-state index contributed by atoms with van der Waals surface area (Å²) >= 11 is 6.10.